The Balaban J connectivity index is 1.74. The second-order valence-electron chi connectivity index (χ2n) is 5.72. The van der Waals surface area contributed by atoms with Crippen LogP contribution in [0.15, 0.2) is 29.1 Å². The molecule has 1 aliphatic rings. The zero-order chi connectivity index (χ0) is 16.9. The van der Waals surface area contributed by atoms with Crippen LogP contribution in [0.2, 0.25) is 0 Å². The molecule has 0 radical (unpaired) electrons. The summed E-state index contributed by atoms with van der Waals surface area (Å²) < 4.78 is 6.98. The first-order valence-corrected chi connectivity index (χ1v) is 8.29. The lowest BCUT2D eigenvalue weighted by atomic mass is 10.2. The minimum Gasteiger partial charge on any atom is -0.379 e. The van der Waals surface area contributed by atoms with Crippen molar-refractivity contribution in [2.45, 2.75) is 13.5 Å². The predicted octanol–water partition coefficient (Wildman–Crippen LogP) is 0.478. The van der Waals surface area contributed by atoms with Gasteiger partial charge in [0.05, 0.1) is 18.7 Å². The number of ether oxygens (including phenoxy) is 1. The van der Waals surface area contributed by atoms with E-state index >= 15 is 0 Å². The minimum atomic E-state index is -0.416. The molecule has 1 aliphatic heterocycles. The Morgan fingerprint density at radius 1 is 1.29 bits per heavy atom. The number of aryl methyl sites for hydroxylation is 1. The van der Waals surface area contributed by atoms with Crippen molar-refractivity contribution >= 4 is 16.8 Å². The molecule has 0 saturated carbocycles. The topological polar surface area (TPSA) is 76.5 Å². The van der Waals surface area contributed by atoms with E-state index in [-0.39, 0.29) is 11.1 Å². The molecule has 2 aromatic rings. The number of aromatic nitrogens is 2. The van der Waals surface area contributed by atoms with E-state index in [0.29, 0.717) is 18.5 Å². The Labute approximate surface area is 140 Å². The van der Waals surface area contributed by atoms with Gasteiger partial charge in [0, 0.05) is 38.1 Å². The van der Waals surface area contributed by atoms with E-state index in [1.807, 2.05) is 19.1 Å². The third-order valence-electron chi connectivity index (χ3n) is 4.19. The molecule has 0 unspecified atom stereocenters. The second kappa shape index (κ2) is 7.55. The van der Waals surface area contributed by atoms with Gasteiger partial charge in [0.1, 0.15) is 0 Å². The summed E-state index contributed by atoms with van der Waals surface area (Å²) in [7, 11) is 0. The number of morpholine rings is 1. The molecule has 0 atom stereocenters. The van der Waals surface area contributed by atoms with Gasteiger partial charge < -0.3 is 10.1 Å². The van der Waals surface area contributed by atoms with Gasteiger partial charge in [-0.05, 0) is 19.1 Å². The first-order chi connectivity index (χ1) is 11.7. The first kappa shape index (κ1) is 16.6. The van der Waals surface area contributed by atoms with E-state index in [1.165, 1.54) is 0 Å². The molecule has 7 nitrogen and oxygen atoms in total. The molecule has 1 aromatic heterocycles. The Morgan fingerprint density at radius 2 is 2.04 bits per heavy atom. The van der Waals surface area contributed by atoms with Crippen molar-refractivity contribution in [2.75, 3.05) is 39.4 Å². The zero-order valence-corrected chi connectivity index (χ0v) is 13.8. The lowest BCUT2D eigenvalue weighted by Crippen LogP contribution is -2.42. The number of amides is 1. The van der Waals surface area contributed by atoms with Crippen LogP contribution in [-0.2, 0) is 11.3 Å². The summed E-state index contributed by atoms with van der Waals surface area (Å²) in [4.78, 5) is 27.2. The van der Waals surface area contributed by atoms with Gasteiger partial charge in [-0.3, -0.25) is 19.2 Å². The number of hydrogen-bond acceptors (Lipinski definition) is 5. The van der Waals surface area contributed by atoms with Crippen molar-refractivity contribution in [1.82, 2.24) is 20.0 Å². The lowest BCUT2D eigenvalue weighted by Gasteiger charge is -2.26. The van der Waals surface area contributed by atoms with Gasteiger partial charge in [-0.25, -0.2) is 0 Å². The summed E-state index contributed by atoms with van der Waals surface area (Å²) in [6.07, 6.45) is 0. The van der Waals surface area contributed by atoms with Crippen LogP contribution < -0.4 is 10.7 Å². The highest BCUT2D eigenvalue weighted by Gasteiger charge is 2.17. The van der Waals surface area contributed by atoms with Gasteiger partial charge in [0.2, 0.25) is 5.43 Å². The third-order valence-corrected chi connectivity index (χ3v) is 4.19. The third kappa shape index (κ3) is 3.47. The Bertz CT molecular complexity index is 781. The zero-order valence-electron chi connectivity index (χ0n) is 13.8. The van der Waals surface area contributed by atoms with Crippen molar-refractivity contribution in [3.05, 3.63) is 40.2 Å². The quantitative estimate of drug-likeness (QED) is 0.863. The largest absolute Gasteiger partial charge is 0.379 e. The van der Waals surface area contributed by atoms with Gasteiger partial charge in [-0.1, -0.05) is 12.1 Å². The number of para-hydroxylation sites is 1. The summed E-state index contributed by atoms with van der Waals surface area (Å²) in [5.74, 6) is -0.416. The van der Waals surface area contributed by atoms with Crippen LogP contribution in [0.4, 0.5) is 0 Å². The first-order valence-electron chi connectivity index (χ1n) is 8.29. The summed E-state index contributed by atoms with van der Waals surface area (Å²) in [5.41, 5.74) is 0.381. The molecule has 1 N–H and O–H groups in total. The van der Waals surface area contributed by atoms with Gasteiger partial charge in [0.25, 0.3) is 5.91 Å². The minimum absolute atomic E-state index is 0.0440. The number of nitrogens with one attached hydrogen (secondary N) is 1. The maximum atomic E-state index is 12.5. The SMILES string of the molecule is CCn1nc(C(=O)NCCN2CCOCC2)c(=O)c2ccccc21. The fraction of sp³-hybridized carbons (Fsp3) is 0.471. The Kier molecular flexibility index (Phi) is 5.22. The van der Waals surface area contributed by atoms with Crippen molar-refractivity contribution in [3.8, 4) is 0 Å². The molecule has 1 amide bonds. The molecular formula is C17H22N4O3. The fourth-order valence-corrected chi connectivity index (χ4v) is 2.86. The standard InChI is InChI=1S/C17H22N4O3/c1-2-21-14-6-4-3-5-13(14)16(22)15(19-21)17(23)18-7-8-20-9-11-24-12-10-20/h3-6H,2,7-12H2,1H3,(H,18,23). The molecular weight excluding hydrogens is 308 g/mol. The molecule has 128 valence electrons. The molecule has 3 rings (SSSR count). The maximum Gasteiger partial charge on any atom is 0.275 e. The van der Waals surface area contributed by atoms with Crippen molar-refractivity contribution in [3.63, 3.8) is 0 Å². The van der Waals surface area contributed by atoms with Gasteiger partial charge in [0.15, 0.2) is 5.69 Å². The highest BCUT2D eigenvalue weighted by molar-refractivity contribution is 5.95. The monoisotopic (exact) mass is 330 g/mol. The molecule has 0 spiro atoms. The van der Waals surface area contributed by atoms with E-state index in [9.17, 15) is 9.59 Å². The van der Waals surface area contributed by atoms with Crippen molar-refractivity contribution < 1.29 is 9.53 Å². The van der Waals surface area contributed by atoms with E-state index in [1.54, 1.807) is 16.8 Å². The number of benzene rings is 1. The van der Waals surface area contributed by atoms with Crippen LogP contribution in [0.25, 0.3) is 10.9 Å². The molecule has 1 saturated heterocycles. The molecule has 7 heteroatoms. The van der Waals surface area contributed by atoms with Crippen LogP contribution in [0.5, 0.6) is 0 Å². The second-order valence-corrected chi connectivity index (χ2v) is 5.72. The highest BCUT2D eigenvalue weighted by atomic mass is 16.5. The van der Waals surface area contributed by atoms with Crippen LogP contribution in [0.1, 0.15) is 17.4 Å². The van der Waals surface area contributed by atoms with Gasteiger partial charge >= 0.3 is 0 Å². The van der Waals surface area contributed by atoms with Gasteiger partial charge in [-0.2, -0.15) is 5.10 Å². The smallest absolute Gasteiger partial charge is 0.275 e. The highest BCUT2D eigenvalue weighted by Crippen LogP contribution is 2.09. The number of rotatable bonds is 5. The maximum absolute atomic E-state index is 12.5. The number of carbonyl (C=O) groups excluding carboxylic acids is 1. The molecule has 1 aromatic carbocycles. The van der Waals surface area contributed by atoms with Crippen LogP contribution >= 0.6 is 0 Å². The Morgan fingerprint density at radius 3 is 2.79 bits per heavy atom. The predicted molar refractivity (Wildman–Crippen MR) is 91.3 cm³/mol. The molecule has 0 bridgehead atoms. The number of carbonyl (C=O) groups is 1. The Hall–Kier alpha value is -2.25. The molecule has 1 fully saturated rings. The van der Waals surface area contributed by atoms with E-state index in [4.69, 9.17) is 4.74 Å². The van der Waals surface area contributed by atoms with Crippen molar-refractivity contribution in [2.24, 2.45) is 0 Å². The molecule has 0 aliphatic carbocycles. The van der Waals surface area contributed by atoms with E-state index < -0.39 is 5.91 Å². The normalized spacial score (nSPS) is 15.5. The summed E-state index contributed by atoms with van der Waals surface area (Å²) in [6, 6.07) is 7.23. The molecule has 2 heterocycles. The lowest BCUT2D eigenvalue weighted by molar-refractivity contribution is 0.0383. The van der Waals surface area contributed by atoms with Crippen LogP contribution in [0.3, 0.4) is 0 Å². The number of hydrogen-bond donors (Lipinski definition) is 1. The van der Waals surface area contributed by atoms with Crippen molar-refractivity contribution in [1.29, 1.82) is 0 Å². The van der Waals surface area contributed by atoms with Crippen LogP contribution in [0, 0.1) is 0 Å². The average Bonchev–Trinajstić information content (AvgIpc) is 2.63. The van der Waals surface area contributed by atoms with E-state index in [0.717, 1.165) is 38.4 Å². The average molecular weight is 330 g/mol. The van der Waals surface area contributed by atoms with Gasteiger partial charge in [-0.15, -0.1) is 0 Å². The molecule has 24 heavy (non-hydrogen) atoms. The van der Waals surface area contributed by atoms with Crippen LogP contribution in [-0.4, -0.2) is 60.0 Å². The van der Waals surface area contributed by atoms with E-state index in [2.05, 4.69) is 15.3 Å². The number of fused-ring (bicyclic) bond motifs is 1. The fourth-order valence-electron chi connectivity index (χ4n) is 2.86. The number of nitrogens with zero attached hydrogens (tertiary/aromatic N) is 3. The summed E-state index contributed by atoms with van der Waals surface area (Å²) in [6.45, 7) is 6.94. The summed E-state index contributed by atoms with van der Waals surface area (Å²) >= 11 is 0. The summed E-state index contributed by atoms with van der Waals surface area (Å²) in [5, 5.41) is 7.57.